The Kier molecular flexibility index (Phi) is 6.51. The highest BCUT2D eigenvalue weighted by Crippen LogP contribution is 2.13. The van der Waals surface area contributed by atoms with E-state index in [9.17, 15) is 4.79 Å². The fraction of sp³-hybridized carbons (Fsp3) is 0.929. The van der Waals surface area contributed by atoms with Crippen molar-refractivity contribution in [2.75, 3.05) is 13.1 Å². The summed E-state index contributed by atoms with van der Waals surface area (Å²) in [5, 5.41) is 0. The summed E-state index contributed by atoms with van der Waals surface area (Å²) in [7, 11) is 0. The van der Waals surface area contributed by atoms with E-state index in [4.69, 9.17) is 0 Å². The van der Waals surface area contributed by atoms with E-state index in [1.54, 1.807) is 0 Å². The molecule has 0 spiro atoms. The minimum atomic E-state index is 0.390. The van der Waals surface area contributed by atoms with E-state index < -0.39 is 0 Å². The Hall–Kier alpha value is -0.530. The number of carbonyl (C=O) groups is 1. The highest BCUT2D eigenvalue weighted by molar-refractivity contribution is 5.76. The molecule has 0 aromatic heterocycles. The molecule has 1 rings (SSSR count). The first-order valence-corrected chi connectivity index (χ1v) is 6.98. The molecule has 1 fully saturated rings. The largest absolute Gasteiger partial charge is 0.343 e. The number of amides is 1. The second-order valence-electron chi connectivity index (χ2n) is 5.43. The molecule has 1 aliphatic heterocycles. The molecule has 1 amide bonds. The zero-order chi connectivity index (χ0) is 11.8. The summed E-state index contributed by atoms with van der Waals surface area (Å²) in [5.74, 6) is 1.22. The molecule has 0 bridgehead atoms. The van der Waals surface area contributed by atoms with Crippen molar-refractivity contribution < 1.29 is 4.79 Å². The van der Waals surface area contributed by atoms with Gasteiger partial charge in [-0.3, -0.25) is 4.79 Å². The number of likely N-dealkylation sites (tertiary alicyclic amines) is 1. The molecule has 94 valence electrons. The summed E-state index contributed by atoms with van der Waals surface area (Å²) in [6.07, 6.45) is 9.47. The van der Waals surface area contributed by atoms with E-state index in [2.05, 4.69) is 13.8 Å². The molecule has 1 aliphatic rings. The fourth-order valence-electron chi connectivity index (χ4n) is 2.31. The summed E-state index contributed by atoms with van der Waals surface area (Å²) in [6, 6.07) is 0. The van der Waals surface area contributed by atoms with E-state index in [1.165, 1.54) is 38.5 Å². The van der Waals surface area contributed by atoms with Crippen molar-refractivity contribution in [1.82, 2.24) is 4.90 Å². The maximum Gasteiger partial charge on any atom is 0.222 e. The van der Waals surface area contributed by atoms with Crippen LogP contribution in [0.5, 0.6) is 0 Å². The van der Waals surface area contributed by atoms with Gasteiger partial charge in [0.1, 0.15) is 0 Å². The van der Waals surface area contributed by atoms with Gasteiger partial charge in [-0.2, -0.15) is 0 Å². The summed E-state index contributed by atoms with van der Waals surface area (Å²) < 4.78 is 0. The van der Waals surface area contributed by atoms with Crippen LogP contribution in [-0.2, 0) is 4.79 Å². The third kappa shape index (κ3) is 5.53. The molecule has 0 radical (unpaired) electrons. The van der Waals surface area contributed by atoms with Crippen LogP contribution in [0.1, 0.15) is 65.2 Å². The van der Waals surface area contributed by atoms with Crippen molar-refractivity contribution >= 4 is 5.91 Å². The predicted octanol–water partition coefficient (Wildman–Crippen LogP) is 3.61. The molecule has 0 aromatic rings. The van der Waals surface area contributed by atoms with Gasteiger partial charge < -0.3 is 4.90 Å². The summed E-state index contributed by atoms with van der Waals surface area (Å²) >= 11 is 0. The first kappa shape index (κ1) is 13.5. The molecule has 2 nitrogen and oxygen atoms in total. The minimum Gasteiger partial charge on any atom is -0.343 e. The molecular weight excluding hydrogens is 198 g/mol. The first-order chi connectivity index (χ1) is 7.70. The molecule has 2 heteroatoms. The van der Waals surface area contributed by atoms with Crippen molar-refractivity contribution in [2.24, 2.45) is 5.92 Å². The number of carbonyl (C=O) groups excluding carboxylic acids is 1. The molecule has 0 unspecified atom stereocenters. The van der Waals surface area contributed by atoms with Gasteiger partial charge in [0.2, 0.25) is 5.91 Å². The number of nitrogens with zero attached hydrogens (tertiary/aromatic N) is 1. The molecule has 0 N–H and O–H groups in total. The standard InChI is InChI=1S/C14H27NO/c1-13(2)9-5-3-4-6-10-14(16)15-11-7-8-12-15/h13H,3-12H2,1-2H3. The van der Waals surface area contributed by atoms with Crippen LogP contribution in [0.2, 0.25) is 0 Å². The maximum absolute atomic E-state index is 11.7. The lowest BCUT2D eigenvalue weighted by Gasteiger charge is -2.14. The van der Waals surface area contributed by atoms with Crippen LogP contribution in [0.4, 0.5) is 0 Å². The lowest BCUT2D eigenvalue weighted by molar-refractivity contribution is -0.130. The van der Waals surface area contributed by atoms with E-state index in [-0.39, 0.29) is 0 Å². The Morgan fingerprint density at radius 3 is 2.31 bits per heavy atom. The highest BCUT2D eigenvalue weighted by atomic mass is 16.2. The van der Waals surface area contributed by atoms with Gasteiger partial charge in [0.05, 0.1) is 0 Å². The van der Waals surface area contributed by atoms with Gasteiger partial charge in [-0.25, -0.2) is 0 Å². The third-order valence-corrected chi connectivity index (χ3v) is 3.38. The lowest BCUT2D eigenvalue weighted by Crippen LogP contribution is -2.27. The monoisotopic (exact) mass is 225 g/mol. The molecule has 0 atom stereocenters. The van der Waals surface area contributed by atoms with Crippen LogP contribution >= 0.6 is 0 Å². The van der Waals surface area contributed by atoms with Crippen LogP contribution in [0.15, 0.2) is 0 Å². The minimum absolute atomic E-state index is 0.390. The summed E-state index contributed by atoms with van der Waals surface area (Å²) in [5.41, 5.74) is 0. The van der Waals surface area contributed by atoms with Gasteiger partial charge in [0.15, 0.2) is 0 Å². The second-order valence-corrected chi connectivity index (χ2v) is 5.43. The number of hydrogen-bond donors (Lipinski definition) is 0. The van der Waals surface area contributed by atoms with E-state index in [0.29, 0.717) is 5.91 Å². The topological polar surface area (TPSA) is 20.3 Å². The lowest BCUT2D eigenvalue weighted by atomic mass is 10.0. The number of hydrogen-bond acceptors (Lipinski definition) is 1. The van der Waals surface area contributed by atoms with Gasteiger partial charge in [0, 0.05) is 19.5 Å². The van der Waals surface area contributed by atoms with Gasteiger partial charge in [0.25, 0.3) is 0 Å². The Balaban J connectivity index is 1.92. The van der Waals surface area contributed by atoms with Crippen LogP contribution in [0, 0.1) is 5.92 Å². The predicted molar refractivity (Wildman–Crippen MR) is 68.4 cm³/mol. The first-order valence-electron chi connectivity index (χ1n) is 6.98. The average Bonchev–Trinajstić information content (AvgIpc) is 2.75. The maximum atomic E-state index is 11.7. The van der Waals surface area contributed by atoms with Gasteiger partial charge in [-0.1, -0.05) is 39.5 Å². The van der Waals surface area contributed by atoms with E-state index in [0.717, 1.165) is 31.8 Å². The third-order valence-electron chi connectivity index (χ3n) is 3.38. The van der Waals surface area contributed by atoms with Crippen LogP contribution in [-0.4, -0.2) is 23.9 Å². The van der Waals surface area contributed by atoms with Crippen molar-refractivity contribution in [3.05, 3.63) is 0 Å². The molecule has 16 heavy (non-hydrogen) atoms. The van der Waals surface area contributed by atoms with E-state index >= 15 is 0 Å². The molecular formula is C14H27NO. The summed E-state index contributed by atoms with van der Waals surface area (Å²) in [6.45, 7) is 6.56. The molecule has 0 aromatic carbocycles. The molecule has 1 heterocycles. The van der Waals surface area contributed by atoms with Crippen molar-refractivity contribution in [1.29, 1.82) is 0 Å². The normalized spacial score (nSPS) is 16.1. The van der Waals surface area contributed by atoms with Gasteiger partial charge >= 0.3 is 0 Å². The van der Waals surface area contributed by atoms with Crippen molar-refractivity contribution in [3.63, 3.8) is 0 Å². The zero-order valence-corrected chi connectivity index (χ0v) is 11.0. The van der Waals surface area contributed by atoms with Crippen LogP contribution in [0.25, 0.3) is 0 Å². The smallest absolute Gasteiger partial charge is 0.222 e. The van der Waals surface area contributed by atoms with E-state index in [1.807, 2.05) is 4.90 Å². The van der Waals surface area contributed by atoms with Crippen molar-refractivity contribution in [3.8, 4) is 0 Å². The Morgan fingerprint density at radius 2 is 1.69 bits per heavy atom. The molecule has 1 saturated heterocycles. The second kappa shape index (κ2) is 7.70. The highest BCUT2D eigenvalue weighted by Gasteiger charge is 2.16. The Labute approximate surface area is 100 Å². The van der Waals surface area contributed by atoms with Crippen LogP contribution in [0.3, 0.4) is 0 Å². The SMILES string of the molecule is CC(C)CCCCCCC(=O)N1CCCC1. The van der Waals surface area contributed by atoms with Crippen LogP contribution < -0.4 is 0 Å². The molecule has 0 aliphatic carbocycles. The summed E-state index contributed by atoms with van der Waals surface area (Å²) in [4.78, 5) is 13.7. The average molecular weight is 225 g/mol. The number of rotatable bonds is 7. The Bertz CT molecular complexity index is 195. The van der Waals surface area contributed by atoms with Gasteiger partial charge in [-0.15, -0.1) is 0 Å². The molecule has 0 saturated carbocycles. The number of unbranched alkanes of at least 4 members (excludes halogenated alkanes) is 3. The van der Waals surface area contributed by atoms with Gasteiger partial charge in [-0.05, 0) is 25.2 Å². The fourth-order valence-corrected chi connectivity index (χ4v) is 2.31. The zero-order valence-electron chi connectivity index (χ0n) is 11.0. The van der Waals surface area contributed by atoms with Crippen molar-refractivity contribution in [2.45, 2.75) is 65.2 Å². The quantitative estimate of drug-likeness (QED) is 0.606. The Morgan fingerprint density at radius 1 is 1.06 bits per heavy atom.